The molecule has 1 fully saturated rings. The van der Waals surface area contributed by atoms with Crippen LogP contribution in [-0.4, -0.2) is 31.7 Å². The molecule has 1 aliphatic rings. The molecule has 10 heteroatoms. The van der Waals surface area contributed by atoms with Gasteiger partial charge in [-0.05, 0) is 59.5 Å². The SMILES string of the molecule is CN1C(C(=O)Nc2ccc(F)c(Cl)c2)CC(c2cccc(-c3ccc(C#N)cc3)c2)NS1(=O)=O. The molecule has 1 amide bonds. The Balaban J connectivity index is 1.60. The predicted molar refractivity (Wildman–Crippen MR) is 128 cm³/mol. The topological polar surface area (TPSA) is 102 Å². The Hall–Kier alpha value is -3.29. The minimum absolute atomic E-state index is 0.151. The first-order chi connectivity index (χ1) is 16.2. The molecule has 7 nitrogen and oxygen atoms in total. The quantitative estimate of drug-likeness (QED) is 0.561. The fraction of sp³-hybridized carbons (Fsp3) is 0.167. The molecular weight excluding hydrogens is 479 g/mol. The molecule has 0 aromatic heterocycles. The number of likely N-dealkylation sites (N-methyl/N-ethyl adjacent to an activating group) is 1. The van der Waals surface area contributed by atoms with E-state index in [1.807, 2.05) is 30.3 Å². The van der Waals surface area contributed by atoms with Gasteiger partial charge in [0.1, 0.15) is 11.9 Å². The van der Waals surface area contributed by atoms with E-state index in [9.17, 15) is 17.6 Å². The van der Waals surface area contributed by atoms with Gasteiger partial charge in [0.05, 0.1) is 16.7 Å². The number of rotatable bonds is 4. The lowest BCUT2D eigenvalue weighted by Gasteiger charge is -2.36. The maximum atomic E-state index is 13.4. The minimum atomic E-state index is -3.95. The van der Waals surface area contributed by atoms with Crippen LogP contribution in [-0.2, 0) is 15.0 Å². The summed E-state index contributed by atoms with van der Waals surface area (Å²) in [5.41, 5.74) is 3.22. The van der Waals surface area contributed by atoms with Crippen LogP contribution in [0, 0.1) is 17.1 Å². The number of nitriles is 1. The van der Waals surface area contributed by atoms with Crippen molar-refractivity contribution in [3.05, 3.63) is 88.7 Å². The van der Waals surface area contributed by atoms with Gasteiger partial charge in [-0.15, -0.1) is 0 Å². The number of anilines is 1. The van der Waals surface area contributed by atoms with Gasteiger partial charge in [-0.1, -0.05) is 41.9 Å². The molecule has 3 aromatic rings. The lowest BCUT2D eigenvalue weighted by atomic mass is 9.95. The molecule has 1 heterocycles. The van der Waals surface area contributed by atoms with E-state index in [2.05, 4.69) is 16.1 Å². The van der Waals surface area contributed by atoms with Gasteiger partial charge >= 0.3 is 0 Å². The van der Waals surface area contributed by atoms with Gasteiger partial charge in [-0.2, -0.15) is 22.7 Å². The number of amides is 1. The Bertz CT molecular complexity index is 1390. The van der Waals surface area contributed by atoms with Crippen molar-refractivity contribution in [1.82, 2.24) is 9.03 Å². The molecule has 2 unspecified atom stereocenters. The molecule has 2 atom stereocenters. The molecule has 0 radical (unpaired) electrons. The number of benzene rings is 3. The zero-order chi connectivity index (χ0) is 24.5. The first kappa shape index (κ1) is 23.9. The Morgan fingerprint density at radius 2 is 1.88 bits per heavy atom. The predicted octanol–water partition coefficient (Wildman–Crippen LogP) is 4.24. The standard InChI is InChI=1S/C24H20ClFN4O3S/c1-30-23(24(31)28-19-9-10-21(26)20(25)12-19)13-22(29-34(30,32)33)18-4-2-3-17(11-18)16-7-5-15(14-27)6-8-16/h2-12,22-23,29H,13H2,1H3,(H,28,31). The molecule has 0 aliphatic carbocycles. The molecule has 2 N–H and O–H groups in total. The molecule has 1 saturated heterocycles. The Morgan fingerprint density at radius 1 is 1.15 bits per heavy atom. The Kier molecular flexibility index (Phi) is 6.68. The summed E-state index contributed by atoms with van der Waals surface area (Å²) in [4.78, 5) is 13.0. The van der Waals surface area contributed by atoms with Crippen LogP contribution >= 0.6 is 11.6 Å². The monoisotopic (exact) mass is 498 g/mol. The molecule has 1 aliphatic heterocycles. The molecule has 174 valence electrons. The van der Waals surface area contributed by atoms with Crippen LogP contribution in [0.2, 0.25) is 5.02 Å². The van der Waals surface area contributed by atoms with E-state index in [1.54, 1.807) is 18.2 Å². The van der Waals surface area contributed by atoms with E-state index in [0.717, 1.165) is 21.5 Å². The third-order valence-electron chi connectivity index (χ3n) is 5.69. The molecule has 3 aromatic carbocycles. The highest BCUT2D eigenvalue weighted by Gasteiger charge is 2.40. The summed E-state index contributed by atoms with van der Waals surface area (Å²) in [6.07, 6.45) is 0.174. The minimum Gasteiger partial charge on any atom is -0.325 e. The molecule has 4 rings (SSSR count). The molecule has 0 saturated carbocycles. The lowest BCUT2D eigenvalue weighted by molar-refractivity contribution is -0.120. The van der Waals surface area contributed by atoms with Gasteiger partial charge < -0.3 is 5.32 Å². The van der Waals surface area contributed by atoms with Crippen LogP contribution in [0.25, 0.3) is 11.1 Å². The zero-order valence-corrected chi connectivity index (χ0v) is 19.6. The number of nitrogens with zero attached hydrogens (tertiary/aromatic N) is 2. The van der Waals surface area contributed by atoms with Crippen LogP contribution in [0.5, 0.6) is 0 Å². The van der Waals surface area contributed by atoms with Crippen LogP contribution in [0.3, 0.4) is 0 Å². The average Bonchev–Trinajstić information content (AvgIpc) is 2.83. The van der Waals surface area contributed by atoms with Crippen molar-refractivity contribution in [3.63, 3.8) is 0 Å². The first-order valence-electron chi connectivity index (χ1n) is 10.3. The summed E-state index contributed by atoms with van der Waals surface area (Å²) in [6, 6.07) is 18.6. The normalized spacial score (nSPS) is 19.8. The van der Waals surface area contributed by atoms with Gasteiger partial charge in [-0.3, -0.25) is 4.79 Å². The average molecular weight is 499 g/mol. The molecule has 34 heavy (non-hydrogen) atoms. The third kappa shape index (κ3) is 4.95. The highest BCUT2D eigenvalue weighted by molar-refractivity contribution is 7.87. The molecular formula is C24H20ClFN4O3S. The van der Waals surface area contributed by atoms with Crippen molar-refractivity contribution in [1.29, 1.82) is 5.26 Å². The fourth-order valence-electron chi connectivity index (χ4n) is 3.80. The smallest absolute Gasteiger partial charge is 0.280 e. The summed E-state index contributed by atoms with van der Waals surface area (Å²) in [7, 11) is -2.62. The van der Waals surface area contributed by atoms with E-state index < -0.39 is 34.0 Å². The van der Waals surface area contributed by atoms with Crippen molar-refractivity contribution in [2.75, 3.05) is 12.4 Å². The van der Waals surface area contributed by atoms with Crippen molar-refractivity contribution >= 4 is 33.4 Å². The number of carbonyl (C=O) groups excluding carboxylic acids is 1. The van der Waals surface area contributed by atoms with Crippen LogP contribution in [0.4, 0.5) is 10.1 Å². The largest absolute Gasteiger partial charge is 0.325 e. The van der Waals surface area contributed by atoms with Crippen LogP contribution in [0.15, 0.2) is 66.7 Å². The van der Waals surface area contributed by atoms with Gasteiger partial charge in [0, 0.05) is 18.8 Å². The van der Waals surface area contributed by atoms with Gasteiger partial charge in [0.15, 0.2) is 0 Å². The van der Waals surface area contributed by atoms with E-state index in [0.29, 0.717) is 11.1 Å². The summed E-state index contributed by atoms with van der Waals surface area (Å²) in [5, 5.41) is 11.5. The second-order valence-corrected chi connectivity index (χ2v) is 10.0. The van der Waals surface area contributed by atoms with Crippen molar-refractivity contribution in [2.24, 2.45) is 0 Å². The second kappa shape index (κ2) is 9.52. The maximum absolute atomic E-state index is 13.4. The highest BCUT2D eigenvalue weighted by atomic mass is 35.5. The summed E-state index contributed by atoms with van der Waals surface area (Å²) in [6.45, 7) is 0. The van der Waals surface area contributed by atoms with E-state index in [1.165, 1.54) is 19.2 Å². The van der Waals surface area contributed by atoms with Crippen LogP contribution < -0.4 is 10.0 Å². The van der Waals surface area contributed by atoms with Gasteiger partial charge in [0.2, 0.25) is 5.91 Å². The van der Waals surface area contributed by atoms with Crippen LogP contribution in [0.1, 0.15) is 23.6 Å². The van der Waals surface area contributed by atoms with E-state index >= 15 is 0 Å². The number of carbonyl (C=O) groups is 1. The number of halogens is 2. The highest BCUT2D eigenvalue weighted by Crippen LogP contribution is 2.31. The Morgan fingerprint density at radius 3 is 2.56 bits per heavy atom. The van der Waals surface area contributed by atoms with Crippen molar-refractivity contribution in [3.8, 4) is 17.2 Å². The summed E-state index contributed by atoms with van der Waals surface area (Å²) < 4.78 is 42.6. The summed E-state index contributed by atoms with van der Waals surface area (Å²) in [5.74, 6) is -1.17. The third-order valence-corrected chi connectivity index (χ3v) is 7.58. The van der Waals surface area contributed by atoms with Crippen molar-refractivity contribution in [2.45, 2.75) is 18.5 Å². The van der Waals surface area contributed by atoms with Gasteiger partial charge in [-0.25, -0.2) is 4.39 Å². The fourth-order valence-corrected chi connectivity index (χ4v) is 5.25. The number of hydrogen-bond acceptors (Lipinski definition) is 4. The van der Waals surface area contributed by atoms with E-state index in [-0.39, 0.29) is 17.1 Å². The number of nitrogens with one attached hydrogen (secondary N) is 2. The van der Waals surface area contributed by atoms with Crippen molar-refractivity contribution < 1.29 is 17.6 Å². The molecule has 0 spiro atoms. The van der Waals surface area contributed by atoms with E-state index in [4.69, 9.17) is 16.9 Å². The zero-order valence-electron chi connectivity index (χ0n) is 18.0. The summed E-state index contributed by atoms with van der Waals surface area (Å²) >= 11 is 5.78. The Labute approximate surface area is 202 Å². The number of hydrogen-bond donors (Lipinski definition) is 2. The maximum Gasteiger partial charge on any atom is 0.280 e. The first-order valence-corrected chi connectivity index (χ1v) is 12.1. The lowest BCUT2D eigenvalue weighted by Crippen LogP contribution is -2.55. The second-order valence-electron chi connectivity index (χ2n) is 7.88. The van der Waals surface area contributed by atoms with Gasteiger partial charge in [0.25, 0.3) is 10.2 Å². The molecule has 0 bridgehead atoms.